The molecule has 27 heavy (non-hydrogen) atoms. The Morgan fingerprint density at radius 1 is 1.04 bits per heavy atom. The molecule has 0 aromatic heterocycles. The number of alkyl halides is 6. The Bertz CT molecular complexity index is 751. The number of hydrogen-bond acceptors (Lipinski definition) is 3. The van der Waals surface area contributed by atoms with Crippen molar-refractivity contribution >= 4 is 11.7 Å². The standard InChI is InChI=1S/C15H15F3N2.C2HF3O2/c1-10(20-8-11-6-19-7-12(11)9-20)13-4-2-3-5-14(13)15(16,17)18;3-2(4,5)1(6)7/h2-5,19H,1,6-9H2;(H,6,7). The largest absolute Gasteiger partial charge is 0.490 e. The SMILES string of the molecule is C=C(c1ccccc1C(F)(F)F)N1CC2=C(CNC2)C1.O=C(O)C(F)(F)F. The van der Waals surface area contributed by atoms with E-state index in [4.69, 9.17) is 9.90 Å². The summed E-state index contributed by atoms with van der Waals surface area (Å²) in [5.74, 6) is -2.76. The van der Waals surface area contributed by atoms with Gasteiger partial charge in [-0.3, -0.25) is 0 Å². The van der Waals surface area contributed by atoms with Crippen molar-refractivity contribution in [3.63, 3.8) is 0 Å². The lowest BCUT2D eigenvalue weighted by Gasteiger charge is -2.25. The molecule has 0 saturated carbocycles. The van der Waals surface area contributed by atoms with Crippen molar-refractivity contribution in [1.82, 2.24) is 10.2 Å². The van der Waals surface area contributed by atoms with E-state index in [1.165, 1.54) is 23.3 Å². The third-order valence-corrected chi connectivity index (χ3v) is 4.11. The van der Waals surface area contributed by atoms with Crippen LogP contribution in [0.4, 0.5) is 26.3 Å². The number of nitrogens with zero attached hydrogens (tertiary/aromatic N) is 1. The van der Waals surface area contributed by atoms with Gasteiger partial charge in [-0.15, -0.1) is 0 Å². The number of carboxylic acids is 1. The molecule has 1 aromatic carbocycles. The van der Waals surface area contributed by atoms with E-state index in [1.807, 2.05) is 4.90 Å². The van der Waals surface area contributed by atoms with E-state index in [9.17, 15) is 26.3 Å². The van der Waals surface area contributed by atoms with Crippen LogP contribution in [0, 0.1) is 0 Å². The molecule has 0 fully saturated rings. The summed E-state index contributed by atoms with van der Waals surface area (Å²) in [6.45, 7) is 6.90. The molecular weight excluding hydrogens is 378 g/mol. The number of aliphatic carboxylic acids is 1. The molecule has 0 atom stereocenters. The Morgan fingerprint density at radius 2 is 1.52 bits per heavy atom. The first-order chi connectivity index (χ1) is 12.4. The van der Waals surface area contributed by atoms with Crippen LogP contribution in [0.25, 0.3) is 5.70 Å². The second-order valence-corrected chi connectivity index (χ2v) is 5.96. The maximum Gasteiger partial charge on any atom is 0.490 e. The molecule has 2 N–H and O–H groups in total. The summed E-state index contributed by atoms with van der Waals surface area (Å²) < 4.78 is 70.9. The molecule has 2 heterocycles. The number of halogens is 6. The summed E-state index contributed by atoms with van der Waals surface area (Å²) in [5, 5.41) is 10.4. The molecule has 1 aromatic rings. The fourth-order valence-corrected chi connectivity index (χ4v) is 2.81. The first kappa shape index (κ1) is 20.8. The van der Waals surface area contributed by atoms with Crippen LogP contribution in [0.2, 0.25) is 0 Å². The highest BCUT2D eigenvalue weighted by molar-refractivity contribution is 5.73. The zero-order chi connectivity index (χ0) is 20.4. The molecule has 0 saturated heterocycles. The van der Waals surface area contributed by atoms with E-state index in [2.05, 4.69) is 11.9 Å². The van der Waals surface area contributed by atoms with Gasteiger partial charge in [0.2, 0.25) is 0 Å². The molecule has 0 spiro atoms. The Balaban J connectivity index is 0.000000321. The van der Waals surface area contributed by atoms with Gasteiger partial charge in [-0.2, -0.15) is 26.3 Å². The quantitative estimate of drug-likeness (QED) is 0.595. The molecular formula is C17H16F6N2O2. The number of rotatable bonds is 2. The lowest BCUT2D eigenvalue weighted by atomic mass is 10.0. The zero-order valence-corrected chi connectivity index (χ0v) is 13.9. The van der Waals surface area contributed by atoms with Crippen LogP contribution in [0.5, 0.6) is 0 Å². The third kappa shape index (κ3) is 5.03. The van der Waals surface area contributed by atoms with Gasteiger partial charge in [0.15, 0.2) is 0 Å². The summed E-state index contributed by atoms with van der Waals surface area (Å²) in [6.07, 6.45) is -9.43. The maximum absolute atomic E-state index is 13.0. The van der Waals surface area contributed by atoms with Crippen molar-refractivity contribution < 1.29 is 36.2 Å². The van der Waals surface area contributed by atoms with E-state index in [1.54, 1.807) is 6.07 Å². The van der Waals surface area contributed by atoms with Gasteiger partial charge in [0, 0.05) is 37.4 Å². The summed E-state index contributed by atoms with van der Waals surface area (Å²) >= 11 is 0. The third-order valence-electron chi connectivity index (χ3n) is 4.11. The Morgan fingerprint density at radius 3 is 1.96 bits per heavy atom. The van der Waals surface area contributed by atoms with E-state index >= 15 is 0 Å². The number of benzene rings is 1. The van der Waals surface area contributed by atoms with Crippen LogP contribution in [-0.4, -0.2) is 48.3 Å². The van der Waals surface area contributed by atoms with Crippen LogP contribution in [-0.2, 0) is 11.0 Å². The smallest absolute Gasteiger partial charge is 0.475 e. The minimum Gasteiger partial charge on any atom is -0.475 e. The van der Waals surface area contributed by atoms with Crippen LogP contribution >= 0.6 is 0 Å². The molecule has 2 aliphatic rings. The number of hydrogen-bond donors (Lipinski definition) is 2. The van der Waals surface area contributed by atoms with E-state index in [0.29, 0.717) is 18.8 Å². The predicted molar refractivity (Wildman–Crippen MR) is 85.6 cm³/mol. The summed E-state index contributed by atoms with van der Waals surface area (Å²) in [7, 11) is 0. The Hall–Kier alpha value is -2.49. The van der Waals surface area contributed by atoms with Crippen LogP contribution in [0.15, 0.2) is 42.0 Å². The summed E-state index contributed by atoms with van der Waals surface area (Å²) in [6, 6.07) is 5.63. The maximum atomic E-state index is 13.0. The molecule has 0 amide bonds. The second-order valence-electron chi connectivity index (χ2n) is 5.96. The van der Waals surface area contributed by atoms with Gasteiger partial charge in [-0.1, -0.05) is 24.8 Å². The van der Waals surface area contributed by atoms with Crippen molar-refractivity contribution in [2.75, 3.05) is 26.2 Å². The fourth-order valence-electron chi connectivity index (χ4n) is 2.81. The first-order valence-electron chi connectivity index (χ1n) is 7.72. The van der Waals surface area contributed by atoms with E-state index in [0.717, 1.165) is 19.2 Å². The van der Waals surface area contributed by atoms with E-state index in [-0.39, 0.29) is 5.56 Å². The molecule has 0 bridgehead atoms. The van der Waals surface area contributed by atoms with Crippen molar-refractivity contribution in [1.29, 1.82) is 0 Å². The highest BCUT2D eigenvalue weighted by atomic mass is 19.4. The van der Waals surface area contributed by atoms with Gasteiger partial charge in [0.25, 0.3) is 0 Å². The van der Waals surface area contributed by atoms with Gasteiger partial charge in [-0.25, -0.2) is 4.79 Å². The van der Waals surface area contributed by atoms with Crippen molar-refractivity contribution in [2.24, 2.45) is 0 Å². The second kappa shape index (κ2) is 7.63. The Labute approximate surface area is 150 Å². The summed E-state index contributed by atoms with van der Waals surface area (Å²) in [4.78, 5) is 10.8. The van der Waals surface area contributed by atoms with Crippen LogP contribution < -0.4 is 5.32 Å². The van der Waals surface area contributed by atoms with Crippen molar-refractivity contribution in [3.8, 4) is 0 Å². The molecule has 0 radical (unpaired) electrons. The normalized spacial score (nSPS) is 16.7. The highest BCUT2D eigenvalue weighted by Crippen LogP contribution is 2.37. The first-order valence-corrected chi connectivity index (χ1v) is 7.72. The molecule has 148 valence electrons. The molecule has 4 nitrogen and oxygen atoms in total. The molecule has 2 aliphatic heterocycles. The van der Waals surface area contributed by atoms with Gasteiger partial charge in [0.05, 0.1) is 5.56 Å². The average Bonchev–Trinajstić information content (AvgIpc) is 3.14. The number of carboxylic acid groups (broad SMARTS) is 1. The summed E-state index contributed by atoms with van der Waals surface area (Å²) in [5.41, 5.74) is 2.59. The van der Waals surface area contributed by atoms with Gasteiger partial charge >= 0.3 is 18.3 Å². The van der Waals surface area contributed by atoms with Gasteiger partial charge < -0.3 is 15.3 Å². The molecule has 3 rings (SSSR count). The van der Waals surface area contributed by atoms with Crippen molar-refractivity contribution in [3.05, 3.63) is 53.1 Å². The van der Waals surface area contributed by atoms with Crippen LogP contribution in [0.3, 0.4) is 0 Å². The molecule has 0 aliphatic carbocycles. The average molecular weight is 394 g/mol. The lowest BCUT2D eigenvalue weighted by molar-refractivity contribution is -0.192. The van der Waals surface area contributed by atoms with Crippen LogP contribution in [0.1, 0.15) is 11.1 Å². The predicted octanol–water partition coefficient (Wildman–Crippen LogP) is 3.52. The highest BCUT2D eigenvalue weighted by Gasteiger charge is 2.38. The topological polar surface area (TPSA) is 52.6 Å². The zero-order valence-electron chi connectivity index (χ0n) is 13.9. The Kier molecular flexibility index (Phi) is 5.88. The van der Waals surface area contributed by atoms with Gasteiger partial charge in [0.1, 0.15) is 0 Å². The minimum atomic E-state index is -5.08. The fraction of sp³-hybridized carbons (Fsp3) is 0.353. The monoisotopic (exact) mass is 394 g/mol. The van der Waals surface area contributed by atoms with E-state index < -0.39 is 23.9 Å². The number of carbonyl (C=O) groups is 1. The van der Waals surface area contributed by atoms with Crippen molar-refractivity contribution in [2.45, 2.75) is 12.4 Å². The van der Waals surface area contributed by atoms with Gasteiger partial charge in [-0.05, 0) is 17.2 Å². The molecule has 10 heteroatoms. The number of nitrogens with one attached hydrogen (secondary N) is 1. The lowest BCUT2D eigenvalue weighted by Crippen LogP contribution is -2.26. The molecule has 0 unspecified atom stereocenters. The minimum absolute atomic E-state index is 0.175.